The van der Waals surface area contributed by atoms with Crippen LogP contribution in [0.2, 0.25) is 0 Å². The van der Waals surface area contributed by atoms with Crippen LogP contribution in [0.1, 0.15) is 26.2 Å². The van der Waals surface area contributed by atoms with E-state index in [9.17, 15) is 0 Å². The molecule has 1 heterocycles. The van der Waals surface area contributed by atoms with Gasteiger partial charge in [-0.1, -0.05) is 30.3 Å². The Hall–Kier alpha value is -1.42. The third kappa shape index (κ3) is 3.81. The number of hydrogen-bond donors (Lipinski definition) is 1. The molecule has 1 N–H and O–H groups in total. The van der Waals surface area contributed by atoms with E-state index in [1.807, 2.05) is 30.3 Å². The second kappa shape index (κ2) is 7.11. The molecule has 1 aliphatic rings. The van der Waals surface area contributed by atoms with Gasteiger partial charge < -0.3 is 4.90 Å². The van der Waals surface area contributed by atoms with Crippen molar-refractivity contribution < 1.29 is 0 Å². The molecule has 0 aromatic heterocycles. The highest BCUT2D eigenvalue weighted by molar-refractivity contribution is 5.41. The van der Waals surface area contributed by atoms with Gasteiger partial charge in [0.1, 0.15) is 0 Å². The first-order chi connectivity index (χ1) is 8.90. The summed E-state index contributed by atoms with van der Waals surface area (Å²) in [5, 5.41) is 8.20. The molecule has 0 bridgehead atoms. The Kier molecular flexibility index (Phi) is 5.15. The number of likely N-dealkylation sites (tertiary alicyclic amines) is 1. The maximum Gasteiger partial charge on any atom is 0.0635 e. The smallest absolute Gasteiger partial charge is 0.0635 e. The molecule has 98 valence electrons. The standard InChI is InChI=1S/C14H22N4/c1-2-18-12-6-9-14(18)10-11-15-17-16-13-7-4-3-5-8-13/h3-5,7-8,14H,2,6,9-12H2,1H3,(H,15,16). The van der Waals surface area contributed by atoms with Crippen LogP contribution in [0.25, 0.3) is 0 Å². The molecule has 1 aliphatic heterocycles. The fourth-order valence-corrected chi connectivity index (χ4v) is 2.50. The van der Waals surface area contributed by atoms with Gasteiger partial charge in [-0.15, -0.1) is 0 Å². The predicted octanol–water partition coefficient (Wildman–Crippen LogP) is 3.34. The number of anilines is 1. The molecule has 2 rings (SSSR count). The van der Waals surface area contributed by atoms with E-state index in [1.165, 1.54) is 19.4 Å². The van der Waals surface area contributed by atoms with Gasteiger partial charge in [-0.25, -0.2) is 0 Å². The maximum absolute atomic E-state index is 4.19. The van der Waals surface area contributed by atoms with Crippen LogP contribution < -0.4 is 5.43 Å². The van der Waals surface area contributed by atoms with Gasteiger partial charge in [0.25, 0.3) is 0 Å². The van der Waals surface area contributed by atoms with Crippen LogP contribution in [0.4, 0.5) is 5.69 Å². The van der Waals surface area contributed by atoms with E-state index < -0.39 is 0 Å². The fourth-order valence-electron chi connectivity index (χ4n) is 2.50. The Morgan fingerprint density at radius 3 is 2.94 bits per heavy atom. The molecule has 0 saturated carbocycles. The topological polar surface area (TPSA) is 40.0 Å². The molecule has 1 aromatic rings. The van der Waals surface area contributed by atoms with Gasteiger partial charge in [0.05, 0.1) is 12.2 Å². The lowest BCUT2D eigenvalue weighted by molar-refractivity contribution is 0.257. The van der Waals surface area contributed by atoms with Crippen molar-refractivity contribution in [2.45, 2.75) is 32.2 Å². The van der Waals surface area contributed by atoms with Gasteiger partial charge >= 0.3 is 0 Å². The van der Waals surface area contributed by atoms with Crippen molar-refractivity contribution >= 4 is 5.69 Å². The van der Waals surface area contributed by atoms with Crippen molar-refractivity contribution in [1.82, 2.24) is 4.90 Å². The Labute approximate surface area is 109 Å². The van der Waals surface area contributed by atoms with Crippen molar-refractivity contribution in [1.29, 1.82) is 0 Å². The number of benzene rings is 1. The van der Waals surface area contributed by atoms with Crippen molar-refractivity contribution in [2.24, 2.45) is 10.3 Å². The number of nitrogens with one attached hydrogen (secondary N) is 1. The van der Waals surface area contributed by atoms with Crippen LogP contribution in [-0.2, 0) is 0 Å². The quantitative estimate of drug-likeness (QED) is 0.617. The van der Waals surface area contributed by atoms with Crippen LogP contribution in [0.3, 0.4) is 0 Å². The Morgan fingerprint density at radius 2 is 2.17 bits per heavy atom. The van der Waals surface area contributed by atoms with Crippen molar-refractivity contribution in [2.75, 3.05) is 25.1 Å². The molecular formula is C14H22N4. The average molecular weight is 246 g/mol. The molecule has 4 heteroatoms. The van der Waals surface area contributed by atoms with E-state index in [4.69, 9.17) is 0 Å². The highest BCUT2D eigenvalue weighted by Gasteiger charge is 2.21. The lowest BCUT2D eigenvalue weighted by Gasteiger charge is -2.21. The Morgan fingerprint density at radius 1 is 1.33 bits per heavy atom. The van der Waals surface area contributed by atoms with E-state index in [-0.39, 0.29) is 0 Å². The number of hydrogen-bond acceptors (Lipinski definition) is 3. The zero-order valence-electron chi connectivity index (χ0n) is 11.0. The zero-order chi connectivity index (χ0) is 12.6. The summed E-state index contributed by atoms with van der Waals surface area (Å²) in [5.74, 6) is 0. The second-order valence-electron chi connectivity index (χ2n) is 4.66. The highest BCUT2D eigenvalue weighted by atomic mass is 15.4. The summed E-state index contributed by atoms with van der Waals surface area (Å²) in [4.78, 5) is 2.54. The zero-order valence-corrected chi connectivity index (χ0v) is 11.0. The fraction of sp³-hybridized carbons (Fsp3) is 0.571. The van der Waals surface area contributed by atoms with Crippen LogP contribution in [0, 0.1) is 0 Å². The minimum atomic E-state index is 0.714. The average Bonchev–Trinajstić information content (AvgIpc) is 2.87. The summed E-state index contributed by atoms with van der Waals surface area (Å²) in [7, 11) is 0. The largest absolute Gasteiger partial charge is 0.301 e. The summed E-state index contributed by atoms with van der Waals surface area (Å²) < 4.78 is 0. The predicted molar refractivity (Wildman–Crippen MR) is 74.7 cm³/mol. The van der Waals surface area contributed by atoms with Crippen molar-refractivity contribution in [3.05, 3.63) is 30.3 Å². The van der Waals surface area contributed by atoms with Gasteiger partial charge in [0.15, 0.2) is 0 Å². The molecule has 1 unspecified atom stereocenters. The normalized spacial score (nSPS) is 20.6. The lowest BCUT2D eigenvalue weighted by atomic mass is 10.1. The molecule has 1 aromatic carbocycles. The van der Waals surface area contributed by atoms with Crippen molar-refractivity contribution in [3.8, 4) is 0 Å². The second-order valence-corrected chi connectivity index (χ2v) is 4.66. The van der Waals surface area contributed by atoms with E-state index >= 15 is 0 Å². The summed E-state index contributed by atoms with van der Waals surface area (Å²) in [6.07, 6.45) is 3.77. The Balaban J connectivity index is 1.66. The molecule has 1 saturated heterocycles. The molecule has 0 spiro atoms. The summed E-state index contributed by atoms with van der Waals surface area (Å²) >= 11 is 0. The molecule has 1 fully saturated rings. The lowest BCUT2D eigenvalue weighted by Crippen LogP contribution is -2.29. The van der Waals surface area contributed by atoms with Gasteiger partial charge in [-0.2, -0.15) is 5.11 Å². The van der Waals surface area contributed by atoms with Gasteiger partial charge in [0, 0.05) is 6.04 Å². The number of rotatable bonds is 6. The molecule has 4 nitrogen and oxygen atoms in total. The van der Waals surface area contributed by atoms with E-state index in [0.29, 0.717) is 6.04 Å². The van der Waals surface area contributed by atoms with E-state index in [1.54, 1.807) is 0 Å². The van der Waals surface area contributed by atoms with Gasteiger partial charge in [-0.05, 0) is 44.5 Å². The summed E-state index contributed by atoms with van der Waals surface area (Å²) in [6.45, 7) is 5.45. The van der Waals surface area contributed by atoms with E-state index in [2.05, 4.69) is 27.6 Å². The van der Waals surface area contributed by atoms with Crippen LogP contribution >= 0.6 is 0 Å². The maximum atomic E-state index is 4.19. The third-order valence-corrected chi connectivity index (χ3v) is 3.49. The number of para-hydroxylation sites is 1. The SMILES string of the molecule is CCN1CCCC1CCN=NNc1ccccc1. The first kappa shape index (κ1) is 13.0. The van der Waals surface area contributed by atoms with Crippen LogP contribution in [-0.4, -0.2) is 30.6 Å². The summed E-state index contributed by atoms with van der Waals surface area (Å²) in [6, 6.07) is 10.6. The van der Waals surface area contributed by atoms with Crippen LogP contribution in [0.15, 0.2) is 40.7 Å². The highest BCUT2D eigenvalue weighted by Crippen LogP contribution is 2.19. The van der Waals surface area contributed by atoms with Gasteiger partial charge in [-0.3, -0.25) is 5.43 Å². The Bertz CT molecular complexity index is 363. The molecule has 18 heavy (non-hydrogen) atoms. The molecule has 1 atom stereocenters. The molecule has 0 amide bonds. The van der Waals surface area contributed by atoms with E-state index in [0.717, 1.165) is 25.2 Å². The summed E-state index contributed by atoms with van der Waals surface area (Å²) in [5.41, 5.74) is 3.92. The van der Waals surface area contributed by atoms with Gasteiger partial charge in [0.2, 0.25) is 0 Å². The number of nitrogens with zero attached hydrogens (tertiary/aromatic N) is 3. The minimum absolute atomic E-state index is 0.714. The molecule has 0 radical (unpaired) electrons. The first-order valence-corrected chi connectivity index (χ1v) is 6.81. The van der Waals surface area contributed by atoms with Crippen molar-refractivity contribution in [3.63, 3.8) is 0 Å². The monoisotopic (exact) mass is 246 g/mol. The molecular weight excluding hydrogens is 224 g/mol. The minimum Gasteiger partial charge on any atom is -0.301 e. The third-order valence-electron chi connectivity index (χ3n) is 3.49. The van der Waals surface area contributed by atoms with Crippen LogP contribution in [0.5, 0.6) is 0 Å². The first-order valence-electron chi connectivity index (χ1n) is 6.81. The molecule has 0 aliphatic carbocycles.